The highest BCUT2D eigenvalue weighted by Gasteiger charge is 2.18. The van der Waals surface area contributed by atoms with Gasteiger partial charge >= 0.3 is 11.7 Å². The number of aliphatic carboxylic acids is 1. The number of carboxylic acids is 1. The second kappa shape index (κ2) is 7.42. The number of rotatable bonds is 8. The molecular formula is C13H19N3O4. The van der Waals surface area contributed by atoms with Gasteiger partial charge in [-0.1, -0.05) is 6.92 Å². The molecule has 7 nitrogen and oxygen atoms in total. The average Bonchev–Trinajstić information content (AvgIpc) is 2.36. The van der Waals surface area contributed by atoms with Crippen LogP contribution >= 0.6 is 0 Å². The van der Waals surface area contributed by atoms with Gasteiger partial charge in [0.25, 0.3) is 0 Å². The minimum absolute atomic E-state index is 0.00862. The number of nitro groups is 1. The van der Waals surface area contributed by atoms with E-state index in [2.05, 4.69) is 10.3 Å². The number of nitrogens with zero attached hydrogens (tertiary/aromatic N) is 2. The maximum absolute atomic E-state index is 11.0. The van der Waals surface area contributed by atoms with Crippen LogP contribution < -0.4 is 5.32 Å². The lowest BCUT2D eigenvalue weighted by atomic mass is 10.0. The van der Waals surface area contributed by atoms with Crippen molar-refractivity contribution in [2.45, 2.75) is 33.1 Å². The molecule has 0 spiro atoms. The van der Waals surface area contributed by atoms with E-state index >= 15 is 0 Å². The first kappa shape index (κ1) is 15.9. The monoisotopic (exact) mass is 281 g/mol. The Hall–Kier alpha value is -2.18. The molecule has 0 fully saturated rings. The molecule has 7 heteroatoms. The maximum atomic E-state index is 11.0. The molecule has 1 aromatic rings. The minimum atomic E-state index is -0.805. The summed E-state index contributed by atoms with van der Waals surface area (Å²) < 4.78 is 0. The third kappa shape index (κ3) is 4.83. The van der Waals surface area contributed by atoms with Gasteiger partial charge in [-0.2, -0.15) is 0 Å². The van der Waals surface area contributed by atoms with Gasteiger partial charge < -0.3 is 10.4 Å². The van der Waals surface area contributed by atoms with Crippen LogP contribution in [-0.2, 0) is 4.79 Å². The summed E-state index contributed by atoms with van der Waals surface area (Å²) >= 11 is 0. The Kier molecular flexibility index (Phi) is 5.89. The lowest BCUT2D eigenvalue weighted by molar-refractivity contribution is -0.384. The van der Waals surface area contributed by atoms with Crippen LogP contribution in [0.15, 0.2) is 12.3 Å². The van der Waals surface area contributed by atoms with Gasteiger partial charge in [0.1, 0.15) is 0 Å². The van der Waals surface area contributed by atoms with E-state index in [4.69, 9.17) is 5.11 Å². The van der Waals surface area contributed by atoms with Crippen LogP contribution in [0.4, 0.5) is 11.5 Å². The number of aromatic nitrogens is 1. The smallest absolute Gasteiger partial charge is 0.314 e. The molecule has 1 heterocycles. The summed E-state index contributed by atoms with van der Waals surface area (Å²) in [4.78, 5) is 25.0. The zero-order valence-corrected chi connectivity index (χ0v) is 11.6. The highest BCUT2D eigenvalue weighted by Crippen LogP contribution is 2.25. The topological polar surface area (TPSA) is 105 Å². The van der Waals surface area contributed by atoms with Crippen molar-refractivity contribution in [3.63, 3.8) is 0 Å². The number of nitrogens with one attached hydrogen (secondary N) is 1. The van der Waals surface area contributed by atoms with Crippen LogP contribution in [0, 0.1) is 23.0 Å². The second-order valence-corrected chi connectivity index (χ2v) is 4.84. The number of carbonyl (C=O) groups is 1. The van der Waals surface area contributed by atoms with Gasteiger partial charge in [-0.25, -0.2) is 4.98 Å². The van der Waals surface area contributed by atoms with Crippen LogP contribution in [0.5, 0.6) is 0 Å². The van der Waals surface area contributed by atoms with E-state index in [-0.39, 0.29) is 23.8 Å². The van der Waals surface area contributed by atoms with E-state index in [1.54, 1.807) is 13.0 Å². The molecule has 1 unspecified atom stereocenters. The van der Waals surface area contributed by atoms with Gasteiger partial charge in [0, 0.05) is 24.7 Å². The van der Waals surface area contributed by atoms with Gasteiger partial charge in [0.2, 0.25) is 5.82 Å². The summed E-state index contributed by atoms with van der Waals surface area (Å²) in [6.45, 7) is 4.15. The maximum Gasteiger partial charge on any atom is 0.314 e. The number of anilines is 1. The number of carboxylic acid groups (broad SMARTS) is 1. The van der Waals surface area contributed by atoms with E-state index in [9.17, 15) is 14.9 Å². The number of pyridine rings is 1. The molecule has 1 rings (SSSR count). The van der Waals surface area contributed by atoms with Gasteiger partial charge in [0.15, 0.2) is 0 Å². The molecular weight excluding hydrogens is 262 g/mol. The molecule has 0 aliphatic heterocycles. The number of hydrogen-bond acceptors (Lipinski definition) is 5. The molecule has 0 radical (unpaired) electrons. The first-order chi connectivity index (χ1) is 9.41. The van der Waals surface area contributed by atoms with Crippen molar-refractivity contribution in [2.75, 3.05) is 11.9 Å². The van der Waals surface area contributed by atoms with Gasteiger partial charge in [0.05, 0.1) is 4.92 Å². The quantitative estimate of drug-likeness (QED) is 0.560. The summed E-state index contributed by atoms with van der Waals surface area (Å²) in [6.07, 6.45) is 3.00. The van der Waals surface area contributed by atoms with Gasteiger partial charge in [-0.15, -0.1) is 0 Å². The first-order valence-corrected chi connectivity index (χ1v) is 6.47. The van der Waals surface area contributed by atoms with Crippen molar-refractivity contribution in [3.8, 4) is 0 Å². The van der Waals surface area contributed by atoms with E-state index in [1.807, 2.05) is 6.92 Å². The van der Waals surface area contributed by atoms with Crippen LogP contribution in [0.2, 0.25) is 0 Å². The zero-order valence-electron chi connectivity index (χ0n) is 11.6. The standard InChI is InChI=1S/C13H19N3O4/c1-9(3-4-11(17)18)5-7-14-13-12(16(19)20)10(2)6-8-15-13/h6,8-9H,3-5,7H2,1-2H3,(H,14,15)(H,17,18). The average molecular weight is 281 g/mol. The van der Waals surface area contributed by atoms with Crippen molar-refractivity contribution in [3.05, 3.63) is 27.9 Å². The molecule has 0 saturated carbocycles. The summed E-state index contributed by atoms with van der Waals surface area (Å²) in [6, 6.07) is 1.60. The largest absolute Gasteiger partial charge is 0.481 e. The molecule has 0 bridgehead atoms. The number of aryl methyl sites for hydroxylation is 1. The lowest BCUT2D eigenvalue weighted by Gasteiger charge is -2.11. The van der Waals surface area contributed by atoms with Crippen LogP contribution in [0.1, 0.15) is 31.7 Å². The normalized spacial score (nSPS) is 11.9. The fourth-order valence-corrected chi connectivity index (χ4v) is 1.86. The zero-order chi connectivity index (χ0) is 15.1. The molecule has 0 saturated heterocycles. The van der Waals surface area contributed by atoms with Crippen molar-refractivity contribution in [1.29, 1.82) is 0 Å². The summed E-state index contributed by atoms with van der Waals surface area (Å²) in [5.41, 5.74) is 0.553. The summed E-state index contributed by atoms with van der Waals surface area (Å²) in [7, 11) is 0. The summed E-state index contributed by atoms with van der Waals surface area (Å²) in [5.74, 6) is -0.302. The van der Waals surface area contributed by atoms with Crippen molar-refractivity contribution < 1.29 is 14.8 Å². The van der Waals surface area contributed by atoms with Crippen LogP contribution in [-0.4, -0.2) is 27.5 Å². The Labute approximate surface area is 117 Å². The molecule has 0 aliphatic carbocycles. The Morgan fingerprint density at radius 1 is 1.55 bits per heavy atom. The Morgan fingerprint density at radius 2 is 2.25 bits per heavy atom. The predicted octanol–water partition coefficient (Wildman–Crippen LogP) is 2.60. The van der Waals surface area contributed by atoms with Crippen LogP contribution in [0.25, 0.3) is 0 Å². The molecule has 110 valence electrons. The fourth-order valence-electron chi connectivity index (χ4n) is 1.86. The van der Waals surface area contributed by atoms with E-state index in [0.717, 1.165) is 6.42 Å². The SMILES string of the molecule is Cc1ccnc(NCCC(C)CCC(=O)O)c1[N+](=O)[O-]. The molecule has 1 atom stereocenters. The first-order valence-electron chi connectivity index (χ1n) is 6.47. The Bertz CT molecular complexity index is 491. The highest BCUT2D eigenvalue weighted by molar-refractivity contribution is 5.66. The Balaban J connectivity index is 2.52. The van der Waals surface area contributed by atoms with E-state index < -0.39 is 10.9 Å². The molecule has 0 aromatic carbocycles. The third-order valence-corrected chi connectivity index (χ3v) is 3.09. The van der Waals surface area contributed by atoms with E-state index in [0.29, 0.717) is 18.5 Å². The van der Waals surface area contributed by atoms with E-state index in [1.165, 1.54) is 6.20 Å². The lowest BCUT2D eigenvalue weighted by Crippen LogP contribution is -2.11. The van der Waals surface area contributed by atoms with Crippen molar-refractivity contribution >= 4 is 17.5 Å². The fraction of sp³-hybridized carbons (Fsp3) is 0.538. The van der Waals surface area contributed by atoms with Crippen LogP contribution in [0.3, 0.4) is 0 Å². The van der Waals surface area contributed by atoms with Crippen molar-refractivity contribution in [2.24, 2.45) is 5.92 Å². The Morgan fingerprint density at radius 3 is 2.85 bits per heavy atom. The van der Waals surface area contributed by atoms with Gasteiger partial charge in [-0.3, -0.25) is 14.9 Å². The summed E-state index contributed by atoms with van der Waals surface area (Å²) in [5, 5.41) is 22.5. The molecule has 20 heavy (non-hydrogen) atoms. The molecule has 2 N–H and O–H groups in total. The third-order valence-electron chi connectivity index (χ3n) is 3.09. The molecule has 1 aromatic heterocycles. The minimum Gasteiger partial charge on any atom is -0.481 e. The highest BCUT2D eigenvalue weighted by atomic mass is 16.6. The van der Waals surface area contributed by atoms with Gasteiger partial charge in [-0.05, 0) is 31.7 Å². The molecule has 0 aliphatic rings. The predicted molar refractivity (Wildman–Crippen MR) is 74.8 cm³/mol. The molecule has 0 amide bonds. The number of hydrogen-bond donors (Lipinski definition) is 2. The van der Waals surface area contributed by atoms with Crippen molar-refractivity contribution in [1.82, 2.24) is 4.98 Å². The second-order valence-electron chi connectivity index (χ2n) is 4.84.